The summed E-state index contributed by atoms with van der Waals surface area (Å²) in [6.07, 6.45) is 0. The highest BCUT2D eigenvalue weighted by Crippen LogP contribution is 2.33. The Bertz CT molecular complexity index is 663. The number of benzene rings is 2. The third kappa shape index (κ3) is 2.13. The molecule has 2 aromatic carbocycles. The van der Waals surface area contributed by atoms with Crippen molar-refractivity contribution >= 4 is 5.69 Å². The second kappa shape index (κ2) is 4.95. The zero-order valence-electron chi connectivity index (χ0n) is 10.8. The van der Waals surface area contributed by atoms with Crippen molar-refractivity contribution in [3.63, 3.8) is 0 Å². The van der Waals surface area contributed by atoms with Gasteiger partial charge >= 0.3 is 0 Å². The molecule has 1 aliphatic rings. The lowest BCUT2D eigenvalue weighted by molar-refractivity contribution is 0.0786. The zero-order valence-corrected chi connectivity index (χ0v) is 10.8. The van der Waals surface area contributed by atoms with Gasteiger partial charge in [-0.2, -0.15) is 5.26 Å². The Labute approximate surface area is 116 Å². The molecule has 0 aliphatic carbocycles. The third-order valence-electron chi connectivity index (χ3n) is 3.45. The molecule has 0 amide bonds. The summed E-state index contributed by atoms with van der Waals surface area (Å²) in [6.45, 7) is 0.766. The molecule has 0 saturated heterocycles. The average molecular weight is 268 g/mol. The molecule has 1 N–H and O–H groups in total. The molecule has 0 spiro atoms. The van der Waals surface area contributed by atoms with Crippen molar-refractivity contribution in [3.05, 3.63) is 65.5 Å². The fourth-order valence-electron chi connectivity index (χ4n) is 2.46. The molecule has 0 radical (unpaired) electrons. The number of anilines is 1. The minimum absolute atomic E-state index is 0.262. The quantitative estimate of drug-likeness (QED) is 0.909. The first-order valence-electron chi connectivity index (χ1n) is 6.35. The van der Waals surface area contributed by atoms with E-state index in [2.05, 4.69) is 11.4 Å². The highest BCUT2D eigenvalue weighted by Gasteiger charge is 2.37. The van der Waals surface area contributed by atoms with Crippen LogP contribution in [0.4, 0.5) is 10.1 Å². The van der Waals surface area contributed by atoms with Gasteiger partial charge in [0.2, 0.25) is 0 Å². The summed E-state index contributed by atoms with van der Waals surface area (Å²) in [4.78, 5) is 0. The van der Waals surface area contributed by atoms with Crippen LogP contribution in [0.15, 0.2) is 48.5 Å². The van der Waals surface area contributed by atoms with Crippen LogP contribution in [0.2, 0.25) is 0 Å². The molecular formula is C16H13FN2O. The van der Waals surface area contributed by atoms with Gasteiger partial charge in [0.05, 0.1) is 19.3 Å². The van der Waals surface area contributed by atoms with Gasteiger partial charge in [-0.1, -0.05) is 24.3 Å². The second-order valence-corrected chi connectivity index (χ2v) is 4.80. The highest BCUT2D eigenvalue weighted by atomic mass is 19.1. The summed E-state index contributed by atoms with van der Waals surface area (Å²) < 4.78 is 18.5. The lowest BCUT2D eigenvalue weighted by Gasteiger charge is -2.34. The van der Waals surface area contributed by atoms with Crippen molar-refractivity contribution in [3.8, 4) is 6.07 Å². The van der Waals surface area contributed by atoms with Crippen molar-refractivity contribution < 1.29 is 9.13 Å². The van der Waals surface area contributed by atoms with Crippen LogP contribution in [-0.4, -0.2) is 6.61 Å². The molecule has 2 aromatic rings. The predicted molar refractivity (Wildman–Crippen MR) is 73.4 cm³/mol. The van der Waals surface area contributed by atoms with Crippen molar-refractivity contribution in [2.45, 2.75) is 12.1 Å². The van der Waals surface area contributed by atoms with E-state index in [1.165, 1.54) is 12.1 Å². The van der Waals surface area contributed by atoms with E-state index in [-0.39, 0.29) is 12.4 Å². The molecule has 1 heterocycles. The molecule has 0 aromatic heterocycles. The van der Waals surface area contributed by atoms with Gasteiger partial charge in [0.25, 0.3) is 0 Å². The smallest absolute Gasteiger partial charge is 0.174 e. The van der Waals surface area contributed by atoms with Gasteiger partial charge in [-0.25, -0.2) is 4.39 Å². The summed E-state index contributed by atoms with van der Waals surface area (Å²) >= 11 is 0. The van der Waals surface area contributed by atoms with E-state index in [1.54, 1.807) is 12.1 Å². The Morgan fingerprint density at radius 3 is 2.65 bits per heavy atom. The van der Waals surface area contributed by atoms with Crippen molar-refractivity contribution in [2.24, 2.45) is 0 Å². The Hall–Kier alpha value is -2.38. The topological polar surface area (TPSA) is 45.0 Å². The van der Waals surface area contributed by atoms with Crippen molar-refractivity contribution in [2.75, 3.05) is 11.9 Å². The van der Waals surface area contributed by atoms with Crippen LogP contribution in [0, 0.1) is 17.1 Å². The first-order valence-corrected chi connectivity index (χ1v) is 6.35. The first kappa shape index (κ1) is 12.6. The van der Waals surface area contributed by atoms with E-state index in [1.807, 2.05) is 24.3 Å². The van der Waals surface area contributed by atoms with Gasteiger partial charge in [-0.05, 0) is 35.4 Å². The number of nitrogens with zero attached hydrogens (tertiary/aromatic N) is 1. The number of ether oxygens (including phenoxy) is 1. The van der Waals surface area contributed by atoms with E-state index in [0.29, 0.717) is 12.3 Å². The third-order valence-corrected chi connectivity index (χ3v) is 3.45. The monoisotopic (exact) mass is 268 g/mol. The van der Waals surface area contributed by atoms with Crippen LogP contribution >= 0.6 is 0 Å². The summed E-state index contributed by atoms with van der Waals surface area (Å²) in [6, 6.07) is 16.0. The van der Waals surface area contributed by atoms with Crippen LogP contribution in [0.3, 0.4) is 0 Å². The Kier molecular flexibility index (Phi) is 3.13. The minimum Gasteiger partial charge on any atom is -0.373 e. The SMILES string of the molecule is N#CC1(Nc2ccc(F)cc2)COCc2ccccc21. The van der Waals surface area contributed by atoms with Crippen LogP contribution in [0.1, 0.15) is 11.1 Å². The number of hydrogen-bond donors (Lipinski definition) is 1. The van der Waals surface area contributed by atoms with Crippen molar-refractivity contribution in [1.82, 2.24) is 0 Å². The first-order chi connectivity index (χ1) is 9.73. The lowest BCUT2D eigenvalue weighted by atomic mass is 9.86. The summed E-state index contributed by atoms with van der Waals surface area (Å²) in [5.41, 5.74) is 1.66. The van der Waals surface area contributed by atoms with E-state index in [9.17, 15) is 9.65 Å². The Balaban J connectivity index is 2.01. The number of rotatable bonds is 2. The second-order valence-electron chi connectivity index (χ2n) is 4.80. The molecular weight excluding hydrogens is 255 g/mol. The van der Waals surface area contributed by atoms with E-state index < -0.39 is 5.54 Å². The standard InChI is InChI=1S/C16H13FN2O/c17-13-5-7-14(8-6-13)19-16(10-18)11-20-9-12-3-1-2-4-15(12)16/h1-8,19H,9,11H2. The van der Waals surface area contributed by atoms with Crippen LogP contribution < -0.4 is 5.32 Å². The van der Waals surface area contributed by atoms with Gasteiger partial charge in [0.15, 0.2) is 5.54 Å². The van der Waals surface area contributed by atoms with E-state index in [4.69, 9.17) is 4.74 Å². The van der Waals surface area contributed by atoms with E-state index >= 15 is 0 Å². The van der Waals surface area contributed by atoms with Crippen LogP contribution in [0.5, 0.6) is 0 Å². The molecule has 0 bridgehead atoms. The Morgan fingerprint density at radius 1 is 1.15 bits per heavy atom. The number of hydrogen-bond acceptors (Lipinski definition) is 3. The van der Waals surface area contributed by atoms with Gasteiger partial charge < -0.3 is 10.1 Å². The zero-order chi connectivity index (χ0) is 14.0. The molecule has 100 valence electrons. The molecule has 1 atom stereocenters. The average Bonchev–Trinajstić information content (AvgIpc) is 2.50. The number of nitrogens with one attached hydrogen (secondary N) is 1. The molecule has 1 unspecified atom stereocenters. The summed E-state index contributed by atoms with van der Waals surface area (Å²) in [5, 5.41) is 12.8. The number of fused-ring (bicyclic) bond motifs is 1. The molecule has 20 heavy (non-hydrogen) atoms. The molecule has 3 rings (SSSR count). The van der Waals surface area contributed by atoms with Crippen LogP contribution in [-0.2, 0) is 16.9 Å². The minimum atomic E-state index is -0.938. The maximum Gasteiger partial charge on any atom is 0.174 e. The largest absolute Gasteiger partial charge is 0.373 e. The maximum atomic E-state index is 13.0. The summed E-state index contributed by atoms with van der Waals surface area (Å²) in [5.74, 6) is -0.304. The molecule has 0 fully saturated rings. The molecule has 0 saturated carbocycles. The molecule has 4 heteroatoms. The van der Waals surface area contributed by atoms with Crippen molar-refractivity contribution in [1.29, 1.82) is 5.26 Å². The number of halogens is 1. The lowest BCUT2D eigenvalue weighted by Crippen LogP contribution is -2.42. The van der Waals surface area contributed by atoms with Gasteiger partial charge in [-0.3, -0.25) is 0 Å². The normalized spacial score (nSPS) is 20.8. The van der Waals surface area contributed by atoms with Gasteiger partial charge in [0, 0.05) is 5.69 Å². The van der Waals surface area contributed by atoms with E-state index in [0.717, 1.165) is 11.1 Å². The number of nitriles is 1. The summed E-state index contributed by atoms with van der Waals surface area (Å²) in [7, 11) is 0. The van der Waals surface area contributed by atoms with Crippen LogP contribution in [0.25, 0.3) is 0 Å². The Morgan fingerprint density at radius 2 is 1.90 bits per heavy atom. The predicted octanol–water partition coefficient (Wildman–Crippen LogP) is 3.19. The fourth-order valence-corrected chi connectivity index (χ4v) is 2.46. The highest BCUT2D eigenvalue weighted by molar-refractivity contribution is 5.53. The maximum absolute atomic E-state index is 13.0. The van der Waals surface area contributed by atoms with Gasteiger partial charge in [0.1, 0.15) is 5.82 Å². The molecule has 3 nitrogen and oxygen atoms in total. The fraction of sp³-hybridized carbons (Fsp3) is 0.188. The van der Waals surface area contributed by atoms with Gasteiger partial charge in [-0.15, -0.1) is 0 Å². The molecule has 1 aliphatic heterocycles.